The monoisotopic (exact) mass is 589 g/mol. The molecule has 1 amide bonds. The van der Waals surface area contributed by atoms with Gasteiger partial charge in [0.15, 0.2) is 8.32 Å². The summed E-state index contributed by atoms with van der Waals surface area (Å²) in [5, 5.41) is 12.3. The minimum absolute atomic E-state index is 0.196. The molecule has 39 heavy (non-hydrogen) atoms. The zero-order chi connectivity index (χ0) is 28.4. The number of hydrogen-bond acceptors (Lipinski definition) is 9. The van der Waals surface area contributed by atoms with Gasteiger partial charge in [0, 0.05) is 29.1 Å². The first kappa shape index (κ1) is 29.4. The summed E-state index contributed by atoms with van der Waals surface area (Å²) in [6.07, 6.45) is 6.44. The zero-order valence-corrected chi connectivity index (χ0v) is 26.1. The number of anilines is 1. The highest BCUT2D eigenvalue weighted by Gasteiger charge is 2.40. The van der Waals surface area contributed by atoms with E-state index in [1.165, 1.54) is 30.8 Å². The molecule has 1 fully saturated rings. The van der Waals surface area contributed by atoms with Gasteiger partial charge in [-0.25, -0.2) is 4.98 Å². The number of carbonyl (C=O) groups excluding carboxylic acids is 1. The molecule has 1 N–H and O–H groups in total. The standard InChI is InChI=1S/C27H36ClN5O4SSi/c1-16-10-19(20-12-23(28)30-14-22(20)35-5)21(13-29-16)24(34)31-25-32-33-26(38-25)36-15-17-8-9-18(11-17)37-39(6,7)27(2,3)4/h10,12-14,17-18H,8-9,11,15H2,1-7H3,(H,31,32,34). The van der Waals surface area contributed by atoms with Crippen LogP contribution >= 0.6 is 22.9 Å². The second kappa shape index (κ2) is 11.9. The number of ether oxygens (including phenoxy) is 2. The molecular weight excluding hydrogens is 554 g/mol. The van der Waals surface area contributed by atoms with Crippen LogP contribution < -0.4 is 14.8 Å². The van der Waals surface area contributed by atoms with Crippen LogP contribution in [0.3, 0.4) is 0 Å². The number of aryl methyl sites for hydroxylation is 1. The van der Waals surface area contributed by atoms with Crippen molar-refractivity contribution in [3.05, 3.63) is 40.9 Å². The molecule has 210 valence electrons. The first-order valence-electron chi connectivity index (χ1n) is 13.0. The fraction of sp³-hybridized carbons (Fsp3) is 0.519. The van der Waals surface area contributed by atoms with E-state index < -0.39 is 8.32 Å². The Bertz CT molecular complexity index is 1330. The van der Waals surface area contributed by atoms with Crippen molar-refractivity contribution in [1.29, 1.82) is 0 Å². The molecule has 0 saturated heterocycles. The van der Waals surface area contributed by atoms with Crippen molar-refractivity contribution in [2.75, 3.05) is 19.0 Å². The maximum Gasteiger partial charge on any atom is 0.295 e. The van der Waals surface area contributed by atoms with E-state index in [2.05, 4.69) is 59.3 Å². The summed E-state index contributed by atoms with van der Waals surface area (Å²) >= 11 is 7.33. The molecular formula is C27H36ClN5O4SSi. The van der Waals surface area contributed by atoms with Crippen molar-refractivity contribution >= 4 is 42.3 Å². The van der Waals surface area contributed by atoms with Crippen molar-refractivity contribution in [3.63, 3.8) is 0 Å². The van der Waals surface area contributed by atoms with Gasteiger partial charge in [-0.05, 0) is 73.7 Å². The van der Waals surface area contributed by atoms with Crippen LogP contribution in [0.1, 0.15) is 56.1 Å². The molecule has 2 unspecified atom stereocenters. The van der Waals surface area contributed by atoms with Crippen LogP contribution in [0.2, 0.25) is 23.3 Å². The van der Waals surface area contributed by atoms with Crippen LogP contribution in [0.25, 0.3) is 11.1 Å². The van der Waals surface area contributed by atoms with Crippen LogP contribution in [0.5, 0.6) is 10.9 Å². The lowest BCUT2D eigenvalue weighted by molar-refractivity contribution is 0.102. The summed E-state index contributed by atoms with van der Waals surface area (Å²) in [5.41, 5.74) is 2.35. The fourth-order valence-corrected chi connectivity index (χ4v) is 6.47. The molecule has 0 radical (unpaired) electrons. The topological polar surface area (TPSA) is 108 Å². The molecule has 1 saturated carbocycles. The van der Waals surface area contributed by atoms with Crippen molar-refractivity contribution in [3.8, 4) is 22.1 Å². The summed E-state index contributed by atoms with van der Waals surface area (Å²) in [6.45, 7) is 13.8. The van der Waals surface area contributed by atoms with E-state index in [1.807, 2.05) is 6.92 Å². The number of aromatic nitrogens is 4. The van der Waals surface area contributed by atoms with E-state index >= 15 is 0 Å². The van der Waals surface area contributed by atoms with Crippen LogP contribution in [-0.2, 0) is 4.43 Å². The van der Waals surface area contributed by atoms with E-state index in [1.54, 1.807) is 12.1 Å². The quantitative estimate of drug-likeness (QED) is 0.215. The van der Waals surface area contributed by atoms with Gasteiger partial charge in [0.05, 0.1) is 25.5 Å². The van der Waals surface area contributed by atoms with E-state index in [-0.39, 0.29) is 22.2 Å². The number of pyridine rings is 2. The van der Waals surface area contributed by atoms with Gasteiger partial charge in [-0.15, -0.1) is 5.10 Å². The summed E-state index contributed by atoms with van der Waals surface area (Å²) in [6, 6.07) is 3.47. The number of carbonyl (C=O) groups is 1. The van der Waals surface area contributed by atoms with Crippen LogP contribution in [0.4, 0.5) is 5.13 Å². The van der Waals surface area contributed by atoms with E-state index in [0.717, 1.165) is 25.0 Å². The Morgan fingerprint density at radius 1 is 1.15 bits per heavy atom. The second-order valence-electron chi connectivity index (χ2n) is 11.4. The Morgan fingerprint density at radius 2 is 1.92 bits per heavy atom. The van der Waals surface area contributed by atoms with Crippen molar-refractivity contribution in [1.82, 2.24) is 20.2 Å². The second-order valence-corrected chi connectivity index (χ2v) is 17.5. The van der Waals surface area contributed by atoms with Gasteiger partial charge in [0.1, 0.15) is 10.9 Å². The Labute approximate surface area is 239 Å². The Hall–Kier alpha value is -2.60. The van der Waals surface area contributed by atoms with Gasteiger partial charge < -0.3 is 13.9 Å². The molecule has 1 aliphatic carbocycles. The van der Waals surface area contributed by atoms with Gasteiger partial charge in [-0.1, -0.05) is 37.5 Å². The summed E-state index contributed by atoms with van der Waals surface area (Å²) in [7, 11) is -0.247. The van der Waals surface area contributed by atoms with Crippen LogP contribution in [0.15, 0.2) is 24.5 Å². The third kappa shape index (κ3) is 7.13. The zero-order valence-electron chi connectivity index (χ0n) is 23.5. The third-order valence-corrected chi connectivity index (χ3v) is 13.0. The number of amides is 1. The van der Waals surface area contributed by atoms with Gasteiger partial charge in [-0.3, -0.25) is 15.1 Å². The first-order chi connectivity index (χ1) is 18.4. The Balaban J connectivity index is 1.38. The molecule has 0 spiro atoms. The molecule has 1 aliphatic rings. The Morgan fingerprint density at radius 3 is 2.64 bits per heavy atom. The van der Waals surface area contributed by atoms with Gasteiger partial charge >= 0.3 is 0 Å². The molecule has 2 atom stereocenters. The van der Waals surface area contributed by atoms with Gasteiger partial charge in [0.25, 0.3) is 11.1 Å². The molecule has 3 aromatic rings. The van der Waals surface area contributed by atoms with Crippen LogP contribution in [0, 0.1) is 12.8 Å². The predicted molar refractivity (Wildman–Crippen MR) is 157 cm³/mol. The Kier molecular flexibility index (Phi) is 8.94. The molecule has 0 aliphatic heterocycles. The maximum atomic E-state index is 13.2. The highest BCUT2D eigenvalue weighted by Crippen LogP contribution is 2.40. The van der Waals surface area contributed by atoms with Crippen molar-refractivity contribution < 1.29 is 18.7 Å². The van der Waals surface area contributed by atoms with Gasteiger partial charge in [0.2, 0.25) is 5.13 Å². The van der Waals surface area contributed by atoms with E-state index in [0.29, 0.717) is 45.3 Å². The summed E-state index contributed by atoms with van der Waals surface area (Å²) < 4.78 is 18.0. The SMILES string of the molecule is COc1cnc(Cl)cc1-c1cc(C)ncc1C(=O)Nc1nnc(OCC2CCC(O[Si](C)(C)C(C)(C)C)C2)s1. The number of methoxy groups -OCH3 is 1. The maximum absolute atomic E-state index is 13.2. The van der Waals surface area contributed by atoms with Crippen LogP contribution in [-0.4, -0.2) is 54.2 Å². The fourth-order valence-electron chi connectivity index (χ4n) is 4.31. The minimum atomic E-state index is -1.79. The lowest BCUT2D eigenvalue weighted by Gasteiger charge is -2.38. The highest BCUT2D eigenvalue weighted by molar-refractivity contribution is 7.17. The average Bonchev–Trinajstić information content (AvgIpc) is 3.50. The molecule has 3 aromatic heterocycles. The van der Waals surface area contributed by atoms with Gasteiger partial charge in [-0.2, -0.15) is 0 Å². The van der Waals surface area contributed by atoms with Crippen molar-refractivity contribution in [2.45, 2.75) is 71.2 Å². The molecule has 0 bridgehead atoms. The highest BCUT2D eigenvalue weighted by atomic mass is 35.5. The minimum Gasteiger partial charge on any atom is -0.494 e. The number of halogens is 1. The lowest BCUT2D eigenvalue weighted by Crippen LogP contribution is -2.43. The normalized spacial score (nSPS) is 17.7. The number of nitrogens with one attached hydrogen (secondary N) is 1. The van der Waals surface area contributed by atoms with Crippen molar-refractivity contribution in [2.24, 2.45) is 5.92 Å². The number of rotatable bonds is 9. The number of nitrogens with zero attached hydrogens (tertiary/aromatic N) is 4. The summed E-state index contributed by atoms with van der Waals surface area (Å²) in [5.74, 6) is 0.524. The molecule has 12 heteroatoms. The molecule has 0 aromatic carbocycles. The van der Waals surface area contributed by atoms with E-state index in [9.17, 15) is 4.79 Å². The predicted octanol–water partition coefficient (Wildman–Crippen LogP) is 6.79. The molecule has 3 heterocycles. The first-order valence-corrected chi connectivity index (χ1v) is 17.1. The third-order valence-electron chi connectivity index (χ3n) is 7.46. The molecule has 4 rings (SSSR count). The average molecular weight is 590 g/mol. The number of hydrogen-bond donors (Lipinski definition) is 1. The van der Waals surface area contributed by atoms with E-state index in [4.69, 9.17) is 25.5 Å². The summed E-state index contributed by atoms with van der Waals surface area (Å²) in [4.78, 5) is 21.6. The lowest BCUT2D eigenvalue weighted by atomic mass is 10.0. The molecule has 9 nitrogen and oxygen atoms in total. The smallest absolute Gasteiger partial charge is 0.295 e. The largest absolute Gasteiger partial charge is 0.494 e.